The van der Waals surface area contributed by atoms with Crippen molar-refractivity contribution >= 4 is 21.7 Å². The molecule has 0 aliphatic rings. The number of hydrogen-bond acceptors (Lipinski definition) is 2. The lowest BCUT2D eigenvalue weighted by atomic mass is 9.88. The first-order chi connectivity index (χ1) is 7.71. The minimum Gasteiger partial charge on any atom is -0.367 e. The zero-order valence-electron chi connectivity index (χ0n) is 10.4. The molecule has 96 valence electrons. The van der Waals surface area contributed by atoms with Crippen molar-refractivity contribution in [3.63, 3.8) is 0 Å². The van der Waals surface area contributed by atoms with Gasteiger partial charge in [0.15, 0.2) is 0 Å². The predicted octanol–water partition coefficient (Wildman–Crippen LogP) is 4.63. The lowest BCUT2D eigenvalue weighted by Crippen LogP contribution is -2.31. The molecule has 0 radical (unpaired) electrons. The Labute approximate surface area is 109 Å². The van der Waals surface area contributed by atoms with Crippen LogP contribution >= 0.6 is 15.9 Å². The maximum absolute atomic E-state index is 12.7. The number of nitrogens with one attached hydrogen (secondary N) is 1. The summed E-state index contributed by atoms with van der Waals surface area (Å²) in [5.74, 6) is 0.478. The molecule has 0 aliphatic heterocycles. The standard InChI is InChI=1S/C12H17BrF2N2/c1-7(12(2,3)4)17-10-5-8(11(14)15)9(13)6-16-10/h5-7,11H,1-4H3,(H,16,17)/t7-/m0/s1. The van der Waals surface area contributed by atoms with E-state index in [4.69, 9.17) is 0 Å². The highest BCUT2D eigenvalue weighted by atomic mass is 79.9. The van der Waals surface area contributed by atoms with Crippen LogP contribution in [0.15, 0.2) is 16.7 Å². The van der Waals surface area contributed by atoms with Gasteiger partial charge in [-0.05, 0) is 34.3 Å². The number of rotatable bonds is 3. The monoisotopic (exact) mass is 306 g/mol. The molecule has 2 nitrogen and oxygen atoms in total. The quantitative estimate of drug-likeness (QED) is 0.881. The number of anilines is 1. The minimum atomic E-state index is -2.50. The summed E-state index contributed by atoms with van der Waals surface area (Å²) < 4.78 is 25.7. The molecule has 5 heteroatoms. The number of hydrogen-bond donors (Lipinski definition) is 1. The summed E-state index contributed by atoms with van der Waals surface area (Å²) in [6, 6.07) is 1.53. The second-order valence-electron chi connectivity index (χ2n) is 5.12. The zero-order valence-corrected chi connectivity index (χ0v) is 12.0. The van der Waals surface area contributed by atoms with Gasteiger partial charge in [-0.1, -0.05) is 20.8 Å². The SMILES string of the molecule is C[C@H](Nc1cc(C(F)F)c(Br)cn1)C(C)(C)C. The van der Waals surface area contributed by atoms with E-state index in [1.54, 1.807) is 0 Å². The molecule has 0 unspecified atom stereocenters. The summed E-state index contributed by atoms with van der Waals surface area (Å²) in [6.07, 6.45) is -1.10. The van der Waals surface area contributed by atoms with Crippen molar-refractivity contribution < 1.29 is 8.78 Å². The Morgan fingerprint density at radius 1 is 1.35 bits per heavy atom. The van der Waals surface area contributed by atoms with Gasteiger partial charge >= 0.3 is 0 Å². The Hall–Kier alpha value is -0.710. The fourth-order valence-corrected chi connectivity index (χ4v) is 1.53. The minimum absolute atomic E-state index is 0.0383. The maximum Gasteiger partial charge on any atom is 0.265 e. The highest BCUT2D eigenvalue weighted by Crippen LogP contribution is 2.29. The Balaban J connectivity index is 2.90. The third-order valence-electron chi connectivity index (χ3n) is 2.78. The van der Waals surface area contributed by atoms with Crippen LogP contribution < -0.4 is 5.32 Å². The van der Waals surface area contributed by atoms with Crippen LogP contribution in [-0.4, -0.2) is 11.0 Å². The lowest BCUT2D eigenvalue weighted by Gasteiger charge is -2.28. The van der Waals surface area contributed by atoms with Crippen molar-refractivity contribution in [2.24, 2.45) is 5.41 Å². The number of nitrogens with zero attached hydrogens (tertiary/aromatic N) is 1. The highest BCUT2D eigenvalue weighted by molar-refractivity contribution is 9.10. The van der Waals surface area contributed by atoms with E-state index in [1.165, 1.54) is 12.3 Å². The van der Waals surface area contributed by atoms with E-state index >= 15 is 0 Å². The van der Waals surface area contributed by atoms with E-state index in [0.29, 0.717) is 10.3 Å². The molecule has 0 aliphatic carbocycles. The van der Waals surface area contributed by atoms with Crippen molar-refractivity contribution in [2.45, 2.75) is 40.2 Å². The molecule has 0 bridgehead atoms. The maximum atomic E-state index is 12.7. The van der Waals surface area contributed by atoms with Crippen LogP contribution in [0.5, 0.6) is 0 Å². The van der Waals surface area contributed by atoms with Crippen LogP contribution in [0, 0.1) is 5.41 Å². The Bertz CT molecular complexity index is 389. The second kappa shape index (κ2) is 5.29. The summed E-state index contributed by atoms with van der Waals surface area (Å²) in [4.78, 5) is 4.08. The van der Waals surface area contributed by atoms with Crippen LogP contribution in [0.25, 0.3) is 0 Å². The molecular formula is C12H17BrF2N2. The Kier molecular flexibility index (Phi) is 4.47. The molecule has 0 fully saturated rings. The van der Waals surface area contributed by atoms with Crippen LogP contribution in [0.4, 0.5) is 14.6 Å². The van der Waals surface area contributed by atoms with Crippen molar-refractivity contribution in [1.82, 2.24) is 4.98 Å². The molecule has 0 amide bonds. The van der Waals surface area contributed by atoms with Gasteiger partial charge in [0.2, 0.25) is 0 Å². The van der Waals surface area contributed by atoms with E-state index in [1.807, 2.05) is 6.92 Å². The molecule has 1 heterocycles. The molecule has 1 N–H and O–H groups in total. The molecule has 1 atom stereocenters. The van der Waals surface area contributed by atoms with Gasteiger partial charge in [-0.3, -0.25) is 0 Å². The number of pyridine rings is 1. The molecule has 17 heavy (non-hydrogen) atoms. The van der Waals surface area contributed by atoms with E-state index in [9.17, 15) is 8.78 Å². The molecule has 1 aromatic rings. The van der Waals surface area contributed by atoms with Crippen molar-refractivity contribution in [1.29, 1.82) is 0 Å². The Morgan fingerprint density at radius 3 is 2.41 bits per heavy atom. The Morgan fingerprint density at radius 2 is 1.94 bits per heavy atom. The first-order valence-corrected chi connectivity index (χ1v) is 6.21. The molecule has 1 rings (SSSR count). The van der Waals surface area contributed by atoms with Crippen LogP contribution in [0.1, 0.15) is 39.7 Å². The normalized spacial score (nSPS) is 13.9. The highest BCUT2D eigenvalue weighted by Gasteiger charge is 2.21. The first kappa shape index (κ1) is 14.4. The largest absolute Gasteiger partial charge is 0.367 e. The average Bonchev–Trinajstić information content (AvgIpc) is 2.19. The van der Waals surface area contributed by atoms with Crippen LogP contribution in [-0.2, 0) is 0 Å². The van der Waals surface area contributed by atoms with Crippen molar-refractivity contribution in [3.05, 3.63) is 22.3 Å². The second-order valence-corrected chi connectivity index (χ2v) is 5.98. The summed E-state index contributed by atoms with van der Waals surface area (Å²) in [6.45, 7) is 8.25. The zero-order chi connectivity index (χ0) is 13.2. The molecule has 0 saturated carbocycles. The number of aromatic nitrogens is 1. The first-order valence-electron chi connectivity index (χ1n) is 5.42. The van der Waals surface area contributed by atoms with Crippen molar-refractivity contribution in [3.8, 4) is 0 Å². The van der Waals surface area contributed by atoms with E-state index in [2.05, 4.69) is 47.0 Å². The number of halogens is 3. The fourth-order valence-electron chi connectivity index (χ4n) is 1.14. The molecule has 0 spiro atoms. The molecule has 1 aromatic heterocycles. The fraction of sp³-hybridized carbons (Fsp3) is 0.583. The third kappa shape index (κ3) is 3.91. The van der Waals surface area contributed by atoms with Gasteiger partial charge in [0.05, 0.1) is 0 Å². The van der Waals surface area contributed by atoms with Gasteiger partial charge in [-0.25, -0.2) is 13.8 Å². The molecular weight excluding hydrogens is 290 g/mol. The summed E-state index contributed by atoms with van der Waals surface area (Å²) in [5.41, 5.74) is 0.00309. The van der Waals surface area contributed by atoms with Gasteiger partial charge in [0.25, 0.3) is 6.43 Å². The summed E-state index contributed by atoms with van der Waals surface area (Å²) in [5, 5.41) is 3.14. The third-order valence-corrected chi connectivity index (χ3v) is 3.45. The van der Waals surface area contributed by atoms with Crippen LogP contribution in [0.2, 0.25) is 0 Å². The molecule has 0 aromatic carbocycles. The van der Waals surface area contributed by atoms with Crippen LogP contribution in [0.3, 0.4) is 0 Å². The van der Waals surface area contributed by atoms with Gasteiger partial charge in [-0.2, -0.15) is 0 Å². The topological polar surface area (TPSA) is 24.9 Å². The van der Waals surface area contributed by atoms with Gasteiger partial charge in [-0.15, -0.1) is 0 Å². The number of alkyl halides is 2. The van der Waals surface area contributed by atoms with E-state index in [0.717, 1.165) is 0 Å². The lowest BCUT2D eigenvalue weighted by molar-refractivity contribution is 0.150. The van der Waals surface area contributed by atoms with Gasteiger partial charge in [0.1, 0.15) is 5.82 Å². The van der Waals surface area contributed by atoms with E-state index < -0.39 is 6.43 Å². The van der Waals surface area contributed by atoms with E-state index in [-0.39, 0.29) is 17.0 Å². The average molecular weight is 307 g/mol. The predicted molar refractivity (Wildman–Crippen MR) is 69.4 cm³/mol. The van der Waals surface area contributed by atoms with Gasteiger partial charge < -0.3 is 5.32 Å². The van der Waals surface area contributed by atoms with Crippen molar-refractivity contribution in [2.75, 3.05) is 5.32 Å². The summed E-state index contributed by atoms with van der Waals surface area (Å²) >= 11 is 3.07. The molecule has 0 saturated heterocycles. The smallest absolute Gasteiger partial charge is 0.265 e. The van der Waals surface area contributed by atoms with Gasteiger partial charge in [0, 0.05) is 22.3 Å². The summed E-state index contributed by atoms with van der Waals surface area (Å²) in [7, 11) is 0.